The van der Waals surface area contributed by atoms with Crippen molar-refractivity contribution in [2.75, 3.05) is 18.1 Å². The van der Waals surface area contributed by atoms with Crippen molar-refractivity contribution in [1.82, 2.24) is 5.32 Å². The molecular formula is C11H21N3O2S. The summed E-state index contributed by atoms with van der Waals surface area (Å²) in [7, 11) is 0. The van der Waals surface area contributed by atoms with Crippen LogP contribution in [0.15, 0.2) is 5.16 Å². The Morgan fingerprint density at radius 1 is 1.59 bits per heavy atom. The molecule has 98 valence electrons. The summed E-state index contributed by atoms with van der Waals surface area (Å²) < 4.78 is 0. The van der Waals surface area contributed by atoms with Gasteiger partial charge in [-0.15, -0.1) is 0 Å². The molecule has 1 fully saturated rings. The Labute approximate surface area is 106 Å². The van der Waals surface area contributed by atoms with Crippen molar-refractivity contribution in [3.05, 3.63) is 0 Å². The molecule has 0 aliphatic carbocycles. The second-order valence-corrected chi connectivity index (χ2v) is 5.71. The smallest absolute Gasteiger partial charge is 0.220 e. The van der Waals surface area contributed by atoms with E-state index < -0.39 is 0 Å². The molecule has 17 heavy (non-hydrogen) atoms. The van der Waals surface area contributed by atoms with Crippen LogP contribution >= 0.6 is 11.8 Å². The first kappa shape index (κ1) is 14.2. The Kier molecular flexibility index (Phi) is 6.18. The van der Waals surface area contributed by atoms with Gasteiger partial charge in [-0.3, -0.25) is 4.79 Å². The number of hydrogen-bond acceptors (Lipinski definition) is 4. The summed E-state index contributed by atoms with van der Waals surface area (Å²) in [6.45, 7) is 2.24. The van der Waals surface area contributed by atoms with E-state index in [1.165, 1.54) is 11.5 Å². The Bertz CT molecular complexity index is 278. The highest BCUT2D eigenvalue weighted by atomic mass is 32.2. The lowest BCUT2D eigenvalue weighted by molar-refractivity contribution is -0.122. The lowest BCUT2D eigenvalue weighted by Gasteiger charge is -2.21. The zero-order chi connectivity index (χ0) is 12.7. The second-order valence-electron chi connectivity index (χ2n) is 4.49. The molecule has 0 aromatic rings. The Balaban J connectivity index is 2.20. The summed E-state index contributed by atoms with van der Waals surface area (Å²) >= 11 is 1.96. The van der Waals surface area contributed by atoms with E-state index in [0.29, 0.717) is 18.9 Å². The third kappa shape index (κ3) is 5.30. The minimum Gasteiger partial charge on any atom is -0.409 e. The van der Waals surface area contributed by atoms with Crippen LogP contribution in [0.3, 0.4) is 0 Å². The Hall–Kier alpha value is -0.910. The highest BCUT2D eigenvalue weighted by Gasteiger charge is 2.17. The number of amidine groups is 1. The van der Waals surface area contributed by atoms with Crippen molar-refractivity contribution in [2.45, 2.75) is 26.2 Å². The van der Waals surface area contributed by atoms with Gasteiger partial charge in [0.15, 0.2) is 0 Å². The molecule has 1 aliphatic heterocycles. The molecule has 4 N–H and O–H groups in total. The molecule has 1 aliphatic rings. The zero-order valence-corrected chi connectivity index (χ0v) is 11.0. The van der Waals surface area contributed by atoms with Crippen LogP contribution in [-0.4, -0.2) is 35.0 Å². The lowest BCUT2D eigenvalue weighted by Crippen LogP contribution is -2.35. The van der Waals surface area contributed by atoms with Crippen LogP contribution < -0.4 is 11.1 Å². The monoisotopic (exact) mass is 259 g/mol. The van der Waals surface area contributed by atoms with Gasteiger partial charge in [-0.25, -0.2) is 0 Å². The van der Waals surface area contributed by atoms with Gasteiger partial charge in [-0.1, -0.05) is 12.1 Å². The molecule has 0 radical (unpaired) electrons. The third-order valence-corrected chi connectivity index (χ3v) is 4.09. The first-order valence-electron chi connectivity index (χ1n) is 5.95. The maximum absolute atomic E-state index is 11.7. The van der Waals surface area contributed by atoms with Crippen molar-refractivity contribution in [1.29, 1.82) is 0 Å². The van der Waals surface area contributed by atoms with E-state index in [-0.39, 0.29) is 17.7 Å². The van der Waals surface area contributed by atoms with Crippen LogP contribution in [0.5, 0.6) is 0 Å². The van der Waals surface area contributed by atoms with E-state index in [2.05, 4.69) is 10.5 Å². The number of carbonyl (C=O) groups is 1. The van der Waals surface area contributed by atoms with Gasteiger partial charge in [0.1, 0.15) is 5.84 Å². The average Bonchev–Trinajstić information content (AvgIpc) is 2.36. The quantitative estimate of drug-likeness (QED) is 0.298. The van der Waals surface area contributed by atoms with Crippen molar-refractivity contribution < 1.29 is 10.0 Å². The second kappa shape index (κ2) is 7.42. The predicted octanol–water partition coefficient (Wildman–Crippen LogP) is 1.02. The highest BCUT2D eigenvalue weighted by molar-refractivity contribution is 7.99. The zero-order valence-electron chi connectivity index (χ0n) is 10.2. The Morgan fingerprint density at radius 2 is 2.24 bits per heavy atom. The minimum atomic E-state index is -0.133. The normalized spacial score (nSPS) is 19.9. The van der Waals surface area contributed by atoms with Gasteiger partial charge in [0, 0.05) is 18.9 Å². The first-order chi connectivity index (χ1) is 8.13. The molecule has 1 amide bonds. The van der Waals surface area contributed by atoms with Crippen LogP contribution in [0.2, 0.25) is 0 Å². The first-order valence-corrected chi connectivity index (χ1v) is 7.10. The van der Waals surface area contributed by atoms with E-state index in [9.17, 15) is 4.79 Å². The summed E-state index contributed by atoms with van der Waals surface area (Å²) in [6.07, 6.45) is 2.87. The Morgan fingerprint density at radius 3 is 2.82 bits per heavy atom. The molecule has 0 aromatic carbocycles. The number of carbonyl (C=O) groups excluding carboxylic acids is 1. The SMILES string of the molecule is CC(CNC(=O)CC1CCSCC1)C(N)=NO. The number of amides is 1. The van der Waals surface area contributed by atoms with E-state index in [1.54, 1.807) is 0 Å². The van der Waals surface area contributed by atoms with Gasteiger partial charge < -0.3 is 16.3 Å². The molecule has 1 heterocycles. The lowest BCUT2D eigenvalue weighted by atomic mass is 9.98. The number of nitrogens with one attached hydrogen (secondary N) is 1. The van der Waals surface area contributed by atoms with E-state index in [0.717, 1.165) is 12.8 Å². The van der Waals surface area contributed by atoms with Gasteiger partial charge in [-0.05, 0) is 30.3 Å². The van der Waals surface area contributed by atoms with Crippen LogP contribution in [0.4, 0.5) is 0 Å². The van der Waals surface area contributed by atoms with Crippen molar-refractivity contribution >= 4 is 23.5 Å². The molecule has 0 bridgehead atoms. The van der Waals surface area contributed by atoms with Crippen LogP contribution in [0.1, 0.15) is 26.2 Å². The fourth-order valence-electron chi connectivity index (χ4n) is 1.75. The van der Waals surface area contributed by atoms with E-state index in [1.807, 2.05) is 18.7 Å². The number of oxime groups is 1. The molecule has 0 saturated carbocycles. The van der Waals surface area contributed by atoms with Crippen LogP contribution in [-0.2, 0) is 4.79 Å². The molecule has 6 heteroatoms. The molecule has 0 spiro atoms. The number of rotatable bonds is 5. The summed E-state index contributed by atoms with van der Waals surface area (Å²) in [4.78, 5) is 11.7. The van der Waals surface area contributed by atoms with Gasteiger partial charge >= 0.3 is 0 Å². The van der Waals surface area contributed by atoms with Crippen molar-refractivity contribution in [2.24, 2.45) is 22.7 Å². The molecule has 0 aromatic heterocycles. The summed E-state index contributed by atoms with van der Waals surface area (Å²) in [6, 6.07) is 0. The summed E-state index contributed by atoms with van der Waals surface area (Å²) in [5.41, 5.74) is 5.43. The third-order valence-electron chi connectivity index (χ3n) is 3.04. The molecule has 1 rings (SSSR count). The van der Waals surface area contributed by atoms with Gasteiger partial charge in [-0.2, -0.15) is 11.8 Å². The van der Waals surface area contributed by atoms with Gasteiger partial charge in [0.2, 0.25) is 5.91 Å². The number of nitrogens with zero attached hydrogens (tertiary/aromatic N) is 1. The average molecular weight is 259 g/mol. The molecule has 1 saturated heterocycles. The molecular weight excluding hydrogens is 238 g/mol. The van der Waals surface area contributed by atoms with E-state index >= 15 is 0 Å². The highest BCUT2D eigenvalue weighted by Crippen LogP contribution is 2.24. The largest absolute Gasteiger partial charge is 0.409 e. The van der Waals surface area contributed by atoms with Crippen molar-refractivity contribution in [3.8, 4) is 0 Å². The molecule has 1 unspecified atom stereocenters. The number of thioether (sulfide) groups is 1. The molecule has 1 atom stereocenters. The number of nitrogens with two attached hydrogens (primary N) is 1. The van der Waals surface area contributed by atoms with Crippen LogP contribution in [0, 0.1) is 11.8 Å². The maximum Gasteiger partial charge on any atom is 0.220 e. The standard InChI is InChI=1S/C11H21N3O2S/c1-8(11(12)14-16)7-13-10(15)6-9-2-4-17-5-3-9/h8-9,16H,2-7H2,1H3,(H2,12,14)(H,13,15). The van der Waals surface area contributed by atoms with Gasteiger partial charge in [0.05, 0.1) is 0 Å². The van der Waals surface area contributed by atoms with Gasteiger partial charge in [0.25, 0.3) is 0 Å². The minimum absolute atomic E-state index is 0.0690. The summed E-state index contributed by atoms with van der Waals surface area (Å²) in [5, 5.41) is 14.2. The fourth-order valence-corrected chi connectivity index (χ4v) is 2.96. The topological polar surface area (TPSA) is 87.7 Å². The maximum atomic E-state index is 11.7. The molecule has 5 nitrogen and oxygen atoms in total. The number of hydrogen-bond donors (Lipinski definition) is 3. The van der Waals surface area contributed by atoms with E-state index in [4.69, 9.17) is 10.9 Å². The summed E-state index contributed by atoms with van der Waals surface area (Å²) in [5.74, 6) is 2.94. The van der Waals surface area contributed by atoms with Crippen LogP contribution in [0.25, 0.3) is 0 Å². The van der Waals surface area contributed by atoms with Crippen molar-refractivity contribution in [3.63, 3.8) is 0 Å². The predicted molar refractivity (Wildman–Crippen MR) is 70.2 cm³/mol. The fraction of sp³-hybridized carbons (Fsp3) is 0.818.